The van der Waals surface area contributed by atoms with E-state index in [1.165, 1.54) is 6.92 Å². The van der Waals surface area contributed by atoms with E-state index >= 15 is 0 Å². The summed E-state index contributed by atoms with van der Waals surface area (Å²) in [5.41, 5.74) is 6.38. The number of rotatable bonds is 4. The van der Waals surface area contributed by atoms with E-state index in [4.69, 9.17) is 5.73 Å². The molecule has 0 aliphatic heterocycles. The molecule has 3 N–H and O–H groups in total. The molecule has 0 atom stereocenters. The van der Waals surface area contributed by atoms with Gasteiger partial charge in [0.15, 0.2) is 5.78 Å². The second-order valence-corrected chi connectivity index (χ2v) is 8.04. The van der Waals surface area contributed by atoms with Crippen LogP contribution in [0.15, 0.2) is 60.7 Å². The van der Waals surface area contributed by atoms with E-state index in [0.717, 1.165) is 17.4 Å². The first-order valence-corrected chi connectivity index (χ1v) is 10.3. The van der Waals surface area contributed by atoms with E-state index in [2.05, 4.69) is 10.3 Å². The van der Waals surface area contributed by atoms with Crippen LogP contribution in [0.4, 0.5) is 24.5 Å². The van der Waals surface area contributed by atoms with Gasteiger partial charge in [-0.25, -0.2) is 4.98 Å². The normalized spacial score (nSPS) is 11.5. The Morgan fingerprint density at radius 1 is 1.03 bits per heavy atom. The van der Waals surface area contributed by atoms with Crippen LogP contribution in [0.3, 0.4) is 0 Å². The minimum absolute atomic E-state index is 0.0219. The van der Waals surface area contributed by atoms with Crippen molar-refractivity contribution < 1.29 is 22.8 Å². The number of carbonyl (C=O) groups is 2. The molecule has 0 spiro atoms. The number of aryl methyl sites for hydroxylation is 1. The Balaban J connectivity index is 1.71. The van der Waals surface area contributed by atoms with E-state index in [1.54, 1.807) is 54.6 Å². The summed E-state index contributed by atoms with van der Waals surface area (Å²) >= 11 is 0.773. The maximum absolute atomic E-state index is 13.1. The summed E-state index contributed by atoms with van der Waals surface area (Å²) in [4.78, 5) is 29.5. The van der Waals surface area contributed by atoms with Gasteiger partial charge < -0.3 is 11.1 Å². The van der Waals surface area contributed by atoms with Crippen molar-refractivity contribution in [2.24, 2.45) is 0 Å². The fourth-order valence-electron chi connectivity index (χ4n) is 3.34. The van der Waals surface area contributed by atoms with E-state index in [0.29, 0.717) is 10.9 Å². The van der Waals surface area contributed by atoms with Crippen molar-refractivity contribution in [1.29, 1.82) is 0 Å². The lowest BCUT2D eigenvalue weighted by Gasteiger charge is -2.10. The topological polar surface area (TPSA) is 85.1 Å². The van der Waals surface area contributed by atoms with Gasteiger partial charge in [0.05, 0.1) is 11.4 Å². The first-order valence-electron chi connectivity index (χ1n) is 9.43. The van der Waals surface area contributed by atoms with E-state index < -0.39 is 17.8 Å². The van der Waals surface area contributed by atoms with Crippen LogP contribution in [0, 0.1) is 6.92 Å². The number of amides is 1. The number of ketones is 1. The number of benzene rings is 2. The average molecular weight is 455 g/mol. The van der Waals surface area contributed by atoms with E-state index in [1.807, 2.05) is 0 Å². The van der Waals surface area contributed by atoms with E-state index in [9.17, 15) is 22.8 Å². The number of nitrogens with two attached hydrogens (primary N) is 1. The highest BCUT2D eigenvalue weighted by Crippen LogP contribution is 2.38. The number of halogens is 3. The lowest BCUT2D eigenvalue weighted by molar-refractivity contribution is -0.141. The largest absolute Gasteiger partial charge is 0.433 e. The summed E-state index contributed by atoms with van der Waals surface area (Å²) < 4.78 is 39.3. The first-order chi connectivity index (χ1) is 15.2. The molecule has 0 unspecified atom stereocenters. The van der Waals surface area contributed by atoms with Crippen molar-refractivity contribution in [3.63, 3.8) is 0 Å². The lowest BCUT2D eigenvalue weighted by Crippen LogP contribution is -2.15. The molecule has 0 aliphatic rings. The van der Waals surface area contributed by atoms with Crippen LogP contribution < -0.4 is 11.1 Å². The van der Waals surface area contributed by atoms with Crippen LogP contribution >= 0.6 is 11.3 Å². The Hall–Kier alpha value is -3.72. The summed E-state index contributed by atoms with van der Waals surface area (Å²) in [6.07, 6.45) is -4.61. The van der Waals surface area contributed by atoms with Crippen molar-refractivity contribution in [3.8, 4) is 0 Å². The highest BCUT2D eigenvalue weighted by atomic mass is 32.1. The third-order valence-electron chi connectivity index (χ3n) is 4.85. The van der Waals surface area contributed by atoms with Crippen LogP contribution in [-0.2, 0) is 6.18 Å². The third kappa shape index (κ3) is 3.94. The Morgan fingerprint density at radius 3 is 2.38 bits per heavy atom. The Kier molecular flexibility index (Phi) is 5.43. The number of nitrogen functional groups attached to an aromatic ring is 1. The smallest absolute Gasteiger partial charge is 0.397 e. The van der Waals surface area contributed by atoms with Crippen molar-refractivity contribution in [3.05, 3.63) is 87.9 Å². The molecule has 0 bridgehead atoms. The van der Waals surface area contributed by atoms with Crippen LogP contribution in [0.25, 0.3) is 10.2 Å². The summed E-state index contributed by atoms with van der Waals surface area (Å²) in [7, 11) is 0. The molecule has 0 aliphatic carbocycles. The SMILES string of the molecule is Cc1cc(C(F)(F)F)nc2sc(C(=O)Nc3ccccc3C(=O)c3ccccc3)c(N)c12. The molecular formula is C23H16F3N3O2S. The Morgan fingerprint density at radius 2 is 1.69 bits per heavy atom. The minimum atomic E-state index is -4.61. The number of pyridine rings is 1. The van der Waals surface area contributed by atoms with Crippen molar-refractivity contribution in [1.82, 2.24) is 4.98 Å². The summed E-state index contributed by atoms with van der Waals surface area (Å²) in [5, 5.41) is 2.97. The fourth-order valence-corrected chi connectivity index (χ4v) is 4.40. The van der Waals surface area contributed by atoms with Gasteiger partial charge in [-0.05, 0) is 30.7 Å². The number of nitrogens with one attached hydrogen (secondary N) is 1. The number of hydrogen-bond donors (Lipinski definition) is 2. The molecule has 2 heterocycles. The van der Waals surface area contributed by atoms with Gasteiger partial charge in [-0.15, -0.1) is 11.3 Å². The zero-order valence-corrected chi connectivity index (χ0v) is 17.5. The molecule has 1 amide bonds. The number of para-hydroxylation sites is 1. The number of alkyl halides is 3. The number of carbonyl (C=O) groups excluding carboxylic acids is 2. The van der Waals surface area contributed by atoms with Gasteiger partial charge in [-0.2, -0.15) is 13.2 Å². The number of nitrogens with zero attached hydrogens (tertiary/aromatic N) is 1. The number of thiophene rings is 1. The zero-order valence-electron chi connectivity index (χ0n) is 16.7. The monoisotopic (exact) mass is 455 g/mol. The predicted molar refractivity (Wildman–Crippen MR) is 118 cm³/mol. The van der Waals surface area contributed by atoms with Gasteiger partial charge in [-0.3, -0.25) is 9.59 Å². The predicted octanol–water partition coefficient (Wildman–Crippen LogP) is 5.69. The molecule has 0 radical (unpaired) electrons. The van der Waals surface area contributed by atoms with Crippen LogP contribution in [0.2, 0.25) is 0 Å². The average Bonchev–Trinajstić information content (AvgIpc) is 3.11. The second-order valence-electron chi connectivity index (χ2n) is 7.04. The highest BCUT2D eigenvalue weighted by Gasteiger charge is 2.34. The van der Waals surface area contributed by atoms with Crippen LogP contribution in [-0.4, -0.2) is 16.7 Å². The van der Waals surface area contributed by atoms with Gasteiger partial charge >= 0.3 is 6.18 Å². The number of anilines is 2. The lowest BCUT2D eigenvalue weighted by atomic mass is 10.0. The molecule has 0 saturated carbocycles. The molecule has 162 valence electrons. The van der Waals surface area contributed by atoms with Crippen LogP contribution in [0.1, 0.15) is 36.9 Å². The molecule has 32 heavy (non-hydrogen) atoms. The number of fused-ring (bicyclic) bond motifs is 1. The van der Waals surface area contributed by atoms with Gasteiger partial charge in [0.1, 0.15) is 15.4 Å². The van der Waals surface area contributed by atoms with Crippen LogP contribution in [0.5, 0.6) is 0 Å². The molecule has 0 saturated heterocycles. The number of hydrogen-bond acceptors (Lipinski definition) is 5. The Labute approximate surface area is 184 Å². The van der Waals surface area contributed by atoms with Crippen molar-refractivity contribution in [2.45, 2.75) is 13.1 Å². The molecule has 2 aromatic heterocycles. The Bertz CT molecular complexity index is 1350. The quantitative estimate of drug-likeness (QED) is 0.387. The van der Waals surface area contributed by atoms with Gasteiger partial charge in [0, 0.05) is 16.5 Å². The summed E-state index contributed by atoms with van der Waals surface area (Å²) in [6.45, 7) is 1.48. The van der Waals surface area contributed by atoms with Crippen molar-refractivity contribution >= 4 is 44.6 Å². The molecule has 2 aromatic carbocycles. The fraction of sp³-hybridized carbons (Fsp3) is 0.0870. The van der Waals surface area contributed by atoms with Gasteiger partial charge in [0.2, 0.25) is 0 Å². The third-order valence-corrected chi connectivity index (χ3v) is 5.95. The molecule has 4 rings (SSSR count). The standard InChI is InChI=1S/C23H16F3N3O2S/c1-12-11-16(23(24,25)26)29-22-17(12)18(27)20(32-22)21(31)28-15-10-6-5-9-14(15)19(30)13-7-3-2-4-8-13/h2-11H,27H2,1H3,(H,28,31). The molecular weight excluding hydrogens is 439 g/mol. The maximum Gasteiger partial charge on any atom is 0.433 e. The molecule has 4 aromatic rings. The molecule has 9 heteroatoms. The minimum Gasteiger partial charge on any atom is -0.397 e. The maximum atomic E-state index is 13.1. The van der Waals surface area contributed by atoms with E-state index in [-0.39, 0.29) is 38.0 Å². The van der Waals surface area contributed by atoms with Crippen molar-refractivity contribution in [2.75, 3.05) is 11.1 Å². The number of aromatic nitrogens is 1. The second kappa shape index (κ2) is 8.08. The highest BCUT2D eigenvalue weighted by molar-refractivity contribution is 7.21. The molecule has 0 fully saturated rings. The zero-order chi connectivity index (χ0) is 23.0. The summed E-state index contributed by atoms with van der Waals surface area (Å²) in [5.74, 6) is -0.912. The van der Waals surface area contributed by atoms with Gasteiger partial charge in [-0.1, -0.05) is 42.5 Å². The first kappa shape index (κ1) is 21.5. The molecule has 5 nitrogen and oxygen atoms in total. The summed E-state index contributed by atoms with van der Waals surface area (Å²) in [6, 6.07) is 16.0. The van der Waals surface area contributed by atoms with Gasteiger partial charge in [0.25, 0.3) is 5.91 Å².